The summed E-state index contributed by atoms with van der Waals surface area (Å²) in [6, 6.07) is 55.0. The molecule has 0 N–H and O–H groups in total. The zero-order valence-electron chi connectivity index (χ0n) is 42.1. The smallest absolute Gasteiger partial charge is 0.135 e. The van der Waals surface area contributed by atoms with Gasteiger partial charge in [-0.1, -0.05) is 108 Å². The average molecular weight is 1000 g/mol. The molecule has 0 radical (unpaired) electrons. The van der Waals surface area contributed by atoms with Crippen LogP contribution in [0.5, 0.6) is 23.0 Å². The average Bonchev–Trinajstić information content (AvgIpc) is 3.92. The molecule has 0 unspecified atom stereocenters. The molecule has 10 aromatic rings. The fourth-order valence-corrected chi connectivity index (χ4v) is 8.47. The summed E-state index contributed by atoms with van der Waals surface area (Å²) in [6.07, 6.45) is 1.44. The van der Waals surface area contributed by atoms with E-state index in [1.807, 2.05) is 79.5 Å². The number of aromatic nitrogens is 2. The second kappa shape index (κ2) is 15.5. The number of hydrogen-bond donors (Lipinski definition) is 0. The summed E-state index contributed by atoms with van der Waals surface area (Å²) in [4.78, 5) is 9.01. The van der Waals surface area contributed by atoms with Crippen LogP contribution in [0.25, 0.3) is 61.0 Å². The zero-order valence-corrected chi connectivity index (χ0v) is 35.4. The minimum atomic E-state index is -2.88. The van der Waals surface area contributed by atoms with E-state index in [1.54, 1.807) is 42.5 Å². The first-order valence-corrected chi connectivity index (χ1v) is 20.0. The summed E-state index contributed by atoms with van der Waals surface area (Å²) >= 11 is 0. The van der Waals surface area contributed by atoms with Gasteiger partial charge in [-0.25, -0.2) is 4.98 Å². The Bertz CT molecular complexity index is 3770. The molecule has 5 aliphatic heterocycles. The Kier molecular flexibility index (Phi) is 7.33. The Morgan fingerprint density at radius 2 is 1.29 bits per heavy atom. The van der Waals surface area contributed by atoms with Crippen LogP contribution in [0.2, 0.25) is 0 Å². The molecule has 5 aliphatic rings. The second-order valence-electron chi connectivity index (χ2n) is 15.0. The van der Waals surface area contributed by atoms with E-state index in [0.29, 0.717) is 39.4 Å². The Morgan fingerprint density at radius 3 is 2.03 bits per heavy atom. The molecule has 7 heterocycles. The molecule has 0 aliphatic carbocycles. The van der Waals surface area contributed by atoms with Crippen LogP contribution in [0, 0.1) is 32.5 Å². The van der Waals surface area contributed by atoms with Crippen LogP contribution in [0.3, 0.4) is 0 Å². The molecule has 306 valence electrons. The number of para-hydroxylation sites is 3. The SMILES string of the molecule is [2H]c1c(C([2H])([2H])[2H])c([2H])c2c3ccc4[c-]c3n(c2c1[2H])-c1cc(C([2H])([2H])[2H])c(cn1)-c1ccc(cc1)Oc1ccc(cc1)-c1cccc(-c2ccccc2)c1N1[CH-]N(c2[c-]c(ccc2)O4)c2ccccc21.[Pt]. The van der Waals surface area contributed by atoms with E-state index >= 15 is 0 Å². The number of nitrogens with zero attached hydrogens (tertiary/aromatic N) is 4. The van der Waals surface area contributed by atoms with Gasteiger partial charge in [-0.2, -0.15) is 12.1 Å². The standard InChI is InChI=1S/C56H37N4O2.Pt/c1-36-18-29-51-49(30-36)48-28-27-45-33-54(48)60(51)55-31-37(2)50(34-57-55)40-21-25-43(26-22-40)61-42-23-19-39(20-24-42)47-15-9-14-46(38-10-4-3-5-11-38)56(47)59-35-58(52-16-6-7-17-53(52)59)41-12-8-13-44(32-41)62-45;/h3-31,34-35H,1-2H3;/q-3;/i1D3,2D3,18D,29D,30D;. The van der Waals surface area contributed by atoms with Gasteiger partial charge in [-0.05, 0) is 89.9 Å². The van der Waals surface area contributed by atoms with Gasteiger partial charge in [0.1, 0.15) is 17.3 Å². The van der Waals surface area contributed by atoms with Crippen molar-refractivity contribution in [3.05, 3.63) is 212 Å². The summed E-state index contributed by atoms with van der Waals surface area (Å²) in [5.74, 6) is 1.70. The summed E-state index contributed by atoms with van der Waals surface area (Å²) in [5, 5.41) is 0.399. The van der Waals surface area contributed by atoms with Crippen LogP contribution in [-0.4, -0.2) is 9.55 Å². The van der Waals surface area contributed by atoms with Crippen LogP contribution >= 0.6 is 0 Å². The first kappa shape index (κ1) is 29.8. The second-order valence-corrected chi connectivity index (χ2v) is 15.0. The van der Waals surface area contributed by atoms with E-state index < -0.39 is 37.4 Å². The monoisotopic (exact) mass is 1000 g/mol. The van der Waals surface area contributed by atoms with E-state index in [2.05, 4.69) is 58.3 Å². The van der Waals surface area contributed by atoms with Gasteiger partial charge >= 0.3 is 0 Å². The van der Waals surface area contributed by atoms with Crippen LogP contribution < -0.4 is 19.3 Å². The molecule has 2 aromatic heterocycles. The molecule has 63 heavy (non-hydrogen) atoms. The molecule has 6 nitrogen and oxygen atoms in total. The summed E-state index contributed by atoms with van der Waals surface area (Å²) in [7, 11) is 0. The van der Waals surface area contributed by atoms with Crippen molar-refractivity contribution in [2.24, 2.45) is 0 Å². The molecule has 12 bridgehead atoms. The first-order valence-electron chi connectivity index (χ1n) is 24.5. The molecule has 0 saturated carbocycles. The fraction of sp³-hybridized carbons (Fsp3) is 0.0357. The van der Waals surface area contributed by atoms with Crippen LogP contribution in [-0.2, 0) is 21.1 Å². The summed E-state index contributed by atoms with van der Waals surface area (Å²) in [5.41, 5.74) is 7.92. The van der Waals surface area contributed by atoms with Gasteiger partial charge in [-0.3, -0.25) is 0 Å². The Balaban J connectivity index is 0.00000560. The van der Waals surface area contributed by atoms with Gasteiger partial charge in [0.2, 0.25) is 0 Å². The van der Waals surface area contributed by atoms with E-state index in [9.17, 15) is 2.74 Å². The molecule has 7 heteroatoms. The number of aryl methyl sites for hydroxylation is 1. The number of fused-ring (bicyclic) bond motifs is 6. The van der Waals surface area contributed by atoms with Gasteiger partial charge in [0, 0.05) is 86.3 Å². The van der Waals surface area contributed by atoms with E-state index in [1.165, 1.54) is 16.8 Å². The van der Waals surface area contributed by atoms with Crippen molar-refractivity contribution >= 4 is 44.6 Å². The van der Waals surface area contributed by atoms with Gasteiger partial charge in [0.25, 0.3) is 0 Å². The largest absolute Gasteiger partial charge is 0.509 e. The van der Waals surface area contributed by atoms with Crippen molar-refractivity contribution < 1.29 is 42.9 Å². The van der Waals surface area contributed by atoms with Crippen molar-refractivity contribution in [1.82, 2.24) is 9.55 Å². The molecule has 0 atom stereocenters. The van der Waals surface area contributed by atoms with Crippen LogP contribution in [0.4, 0.5) is 22.7 Å². The Hall–Kier alpha value is -7.40. The third-order valence-corrected chi connectivity index (χ3v) is 11.3. The number of rotatable bonds is 1. The number of ether oxygens (including phenoxy) is 2. The quantitative estimate of drug-likeness (QED) is 0.153. The maximum absolute atomic E-state index is 9.25. The van der Waals surface area contributed by atoms with Gasteiger partial charge in [-0.15, -0.1) is 48.1 Å². The normalized spacial score (nSPS) is 15.1. The topological polar surface area (TPSA) is 42.8 Å². The summed E-state index contributed by atoms with van der Waals surface area (Å²) < 4.78 is 92.5. The van der Waals surface area contributed by atoms with Gasteiger partial charge in [0.15, 0.2) is 0 Å². The molecule has 0 fully saturated rings. The molecule has 0 amide bonds. The minimum Gasteiger partial charge on any atom is -0.509 e. The minimum absolute atomic E-state index is 0. The fourth-order valence-electron chi connectivity index (χ4n) is 8.47. The molecule has 8 aromatic carbocycles. The first-order chi connectivity index (χ1) is 34.2. The molecular formula is C56H37N4O2Pt-3. The van der Waals surface area contributed by atoms with Gasteiger partial charge in [0.05, 0.1) is 4.11 Å². The predicted octanol–water partition coefficient (Wildman–Crippen LogP) is 14.7. The third kappa shape index (κ3) is 6.66. The van der Waals surface area contributed by atoms with Crippen LogP contribution in [0.15, 0.2) is 182 Å². The molecule has 0 spiro atoms. The maximum Gasteiger partial charge on any atom is 0.135 e. The number of benzene rings is 8. The molecular weight excluding hydrogens is 956 g/mol. The molecule has 15 rings (SSSR count). The predicted molar refractivity (Wildman–Crippen MR) is 250 cm³/mol. The van der Waals surface area contributed by atoms with Crippen molar-refractivity contribution in [1.29, 1.82) is 0 Å². The number of pyridine rings is 1. The summed E-state index contributed by atoms with van der Waals surface area (Å²) in [6.45, 7) is -3.49. The maximum atomic E-state index is 9.25. The number of hydrogen-bond acceptors (Lipinski definition) is 5. The molecule has 0 saturated heterocycles. The van der Waals surface area contributed by atoms with E-state index in [-0.39, 0.29) is 54.6 Å². The van der Waals surface area contributed by atoms with Crippen molar-refractivity contribution in [3.63, 3.8) is 0 Å². The Labute approximate surface area is 393 Å². The number of anilines is 4. The third-order valence-electron chi connectivity index (χ3n) is 11.3. The van der Waals surface area contributed by atoms with Crippen molar-refractivity contribution in [3.8, 4) is 62.2 Å². The Morgan fingerprint density at radius 1 is 0.603 bits per heavy atom. The van der Waals surface area contributed by atoms with E-state index in [0.717, 1.165) is 39.3 Å². The van der Waals surface area contributed by atoms with E-state index in [4.69, 9.17) is 24.1 Å². The zero-order chi connectivity index (χ0) is 48.9. The van der Waals surface area contributed by atoms with Gasteiger partial charge < -0.3 is 23.8 Å². The van der Waals surface area contributed by atoms with Crippen LogP contribution in [0.1, 0.15) is 23.5 Å². The van der Waals surface area contributed by atoms with Crippen molar-refractivity contribution in [2.75, 3.05) is 9.80 Å². The van der Waals surface area contributed by atoms with Crippen molar-refractivity contribution in [2.45, 2.75) is 13.7 Å².